The molecule has 2 atom stereocenters. The Balaban J connectivity index is 0.000000616. The molecule has 1 heterocycles. The first-order chi connectivity index (χ1) is 13.5. The van der Waals surface area contributed by atoms with E-state index in [1.54, 1.807) is 18.2 Å². The van der Waals surface area contributed by atoms with Crippen molar-refractivity contribution in [3.05, 3.63) is 55.0 Å². The first kappa shape index (κ1) is 26.0. The van der Waals surface area contributed by atoms with Gasteiger partial charge in [-0.1, -0.05) is 12.1 Å². The summed E-state index contributed by atoms with van der Waals surface area (Å²) >= 11 is 0. The monoisotopic (exact) mass is 665 g/mol. The van der Waals surface area contributed by atoms with Crippen molar-refractivity contribution < 1.29 is 38.7 Å². The van der Waals surface area contributed by atoms with Gasteiger partial charge in [0.25, 0.3) is 0 Å². The Kier molecular flexibility index (Phi) is 13.4. The molecule has 0 fully saturated rings. The summed E-state index contributed by atoms with van der Waals surface area (Å²) in [5, 5.41) is 27.3. The molecule has 2 rings (SSSR count). The van der Waals surface area contributed by atoms with Crippen molar-refractivity contribution in [3.8, 4) is 5.75 Å². The summed E-state index contributed by atoms with van der Waals surface area (Å²) in [6, 6.07) is 8.28. The molecule has 160 valence electrons. The molecule has 1 aromatic heterocycles. The zero-order valence-electron chi connectivity index (χ0n) is 16.2. The summed E-state index contributed by atoms with van der Waals surface area (Å²) in [5.41, 5.74) is -0.0468. The van der Waals surface area contributed by atoms with Gasteiger partial charge in [0.1, 0.15) is 24.0 Å². The Labute approximate surface area is 163 Å². The Bertz CT molecular complexity index is 722. The van der Waals surface area contributed by atoms with Crippen molar-refractivity contribution in [2.24, 2.45) is 0 Å². The van der Waals surface area contributed by atoms with E-state index >= 15 is 0 Å². The molecule has 3 N–H and O–H groups in total. The Morgan fingerprint density at radius 2 is 1.62 bits per heavy atom. The molecule has 9 nitrogen and oxygen atoms in total. The van der Waals surface area contributed by atoms with Crippen LogP contribution in [0.15, 0.2) is 39.5 Å². The third-order valence-electron chi connectivity index (χ3n) is 3.21. The van der Waals surface area contributed by atoms with E-state index in [2.05, 4.69) is 23.7 Å². The number of benzene rings is 1. The fourth-order valence-electron chi connectivity index (χ4n) is 2.04. The maximum Gasteiger partial charge on any atom is 0.339 e. The van der Waals surface area contributed by atoms with Crippen LogP contribution in [0.25, 0.3) is 11.0 Å². The van der Waals surface area contributed by atoms with Gasteiger partial charge in [0.15, 0.2) is 0 Å². The van der Waals surface area contributed by atoms with Crippen molar-refractivity contribution in [2.75, 3.05) is 39.6 Å². The van der Waals surface area contributed by atoms with Crippen LogP contribution in [0.2, 0.25) is 0 Å². The maximum absolute atomic E-state index is 11.3. The van der Waals surface area contributed by atoms with Crippen LogP contribution in [0.3, 0.4) is 0 Å². The number of hydrogen-bond donors (Lipinski definition) is 3. The summed E-state index contributed by atoms with van der Waals surface area (Å²) in [6.45, 7) is 0.635. The van der Waals surface area contributed by atoms with E-state index in [-0.39, 0.29) is 39.6 Å². The summed E-state index contributed by atoms with van der Waals surface area (Å²) in [5.74, 6) is 0.380. The average molecular weight is 665 g/mol. The molecular formula is C19H26O9Rf-2. The van der Waals surface area contributed by atoms with Crippen molar-refractivity contribution in [1.29, 1.82) is 0 Å². The van der Waals surface area contributed by atoms with Gasteiger partial charge in [-0.05, 0) is 12.1 Å². The second kappa shape index (κ2) is 15.0. The quantitative estimate of drug-likeness (QED) is 0.179. The summed E-state index contributed by atoms with van der Waals surface area (Å²) in [6.07, 6.45) is -1.45. The topological polar surface area (TPSA) is 128 Å². The van der Waals surface area contributed by atoms with Crippen molar-refractivity contribution in [2.45, 2.75) is 12.2 Å². The molecule has 10 heteroatoms. The second-order valence-corrected chi connectivity index (χ2v) is 5.58. The van der Waals surface area contributed by atoms with Gasteiger partial charge < -0.3 is 38.7 Å². The van der Waals surface area contributed by atoms with Crippen molar-refractivity contribution in [3.63, 3.8) is 0 Å². The molecule has 0 saturated heterocycles. The van der Waals surface area contributed by atoms with Crippen LogP contribution in [0.4, 0.5) is 0 Å². The smallest absolute Gasteiger partial charge is 0.339 e. The van der Waals surface area contributed by atoms with Crippen LogP contribution in [0, 0.1) is 14.2 Å². The molecule has 0 radical (unpaired) electrons. The van der Waals surface area contributed by atoms with Gasteiger partial charge in [-0.3, -0.25) is 0 Å². The van der Waals surface area contributed by atoms with E-state index in [9.17, 15) is 9.90 Å². The van der Waals surface area contributed by atoms with Crippen LogP contribution in [-0.2, 0) is 14.2 Å². The Morgan fingerprint density at radius 3 is 2.24 bits per heavy atom. The summed E-state index contributed by atoms with van der Waals surface area (Å²) < 4.78 is 24.1. The van der Waals surface area contributed by atoms with E-state index in [0.29, 0.717) is 16.7 Å². The molecule has 0 aliphatic rings. The molecule has 0 aliphatic carbocycles. The number of ether oxygens (including phenoxy) is 4. The Hall–Kier alpha value is -3.01. The number of fused-ring (bicyclic) bond motifs is 1. The van der Waals surface area contributed by atoms with E-state index in [4.69, 9.17) is 24.1 Å². The van der Waals surface area contributed by atoms with Crippen LogP contribution in [-0.4, -0.2) is 67.2 Å². The number of rotatable bonds is 11. The van der Waals surface area contributed by atoms with Gasteiger partial charge in [-0.25, -0.2) is 19.0 Å². The van der Waals surface area contributed by atoms with Crippen LogP contribution >= 0.6 is 0 Å². The third-order valence-corrected chi connectivity index (χ3v) is 3.21. The van der Waals surface area contributed by atoms with Gasteiger partial charge in [0, 0.05) is 13.2 Å². The minimum absolute atomic E-state index is 0. The van der Waals surface area contributed by atoms with E-state index in [0.717, 1.165) is 0 Å². The SMILES string of the molecule is [CH2-]OCC(O)COCCO.[CH2-]OCC(O)COc1cc(=O)oc2ccccc12.[Rf]. The predicted octanol–water partition coefficient (Wildman–Crippen LogP) is 0.505. The van der Waals surface area contributed by atoms with Crippen molar-refractivity contribution in [1.82, 2.24) is 0 Å². The second-order valence-electron chi connectivity index (χ2n) is 5.58. The first-order valence-electron chi connectivity index (χ1n) is 8.46. The minimum atomic E-state index is -0.798. The number of para-hydroxylation sites is 1. The molecule has 0 aliphatic heterocycles. The number of hydrogen-bond acceptors (Lipinski definition) is 9. The van der Waals surface area contributed by atoms with Crippen LogP contribution in [0.1, 0.15) is 0 Å². The minimum Gasteiger partial charge on any atom is -0.553 e. The molecule has 0 amide bonds. The molecule has 0 bridgehead atoms. The van der Waals surface area contributed by atoms with E-state index in [1.165, 1.54) is 6.07 Å². The third kappa shape index (κ3) is 10.2. The van der Waals surface area contributed by atoms with E-state index < -0.39 is 17.8 Å². The first-order valence-corrected chi connectivity index (χ1v) is 8.46. The van der Waals surface area contributed by atoms with Gasteiger partial charge in [0.2, 0.25) is 0 Å². The van der Waals surface area contributed by atoms with Crippen molar-refractivity contribution >= 4 is 11.0 Å². The van der Waals surface area contributed by atoms with E-state index in [1.807, 2.05) is 6.07 Å². The van der Waals surface area contributed by atoms with Crippen LogP contribution < -0.4 is 10.4 Å². The molecular weight excluding hydrogens is 639 g/mol. The fraction of sp³-hybridized carbons (Fsp3) is 0.421. The molecule has 2 unspecified atom stereocenters. The normalized spacial score (nSPS) is 12.4. The maximum atomic E-state index is 11.3. The van der Waals surface area contributed by atoms with Gasteiger partial charge in [0.05, 0.1) is 37.4 Å². The Morgan fingerprint density at radius 1 is 1.00 bits per heavy atom. The largest absolute Gasteiger partial charge is 0.553 e. The number of aliphatic hydroxyl groups excluding tert-OH is 3. The van der Waals surface area contributed by atoms with Gasteiger partial charge in [-0.2, -0.15) is 0 Å². The predicted molar refractivity (Wildman–Crippen MR) is 101 cm³/mol. The molecule has 1 aromatic carbocycles. The number of aliphatic hydroxyl groups is 3. The fourth-order valence-corrected chi connectivity index (χ4v) is 2.04. The zero-order valence-corrected chi connectivity index (χ0v) is 22.6. The average Bonchev–Trinajstić information content (AvgIpc) is 2.67. The molecule has 29 heavy (non-hydrogen) atoms. The molecule has 0 spiro atoms. The molecule has 2 aromatic rings. The summed E-state index contributed by atoms with van der Waals surface area (Å²) in [4.78, 5) is 11.3. The van der Waals surface area contributed by atoms with Gasteiger partial charge >= 0.3 is 5.63 Å². The standard InChI is InChI=1S/C13H13O5.C6H13O4.Rf/c1-16-7-9(14)8-17-12-6-13(15)18-11-5-3-2-4-10(11)12;1-9-4-6(8)5-10-3-2-7;/h2-6,9,14H,1,7-8H2;6-8H,1-5H2;/q2*-1;. The van der Waals surface area contributed by atoms with Gasteiger partial charge in [-0.15, -0.1) is 0 Å². The summed E-state index contributed by atoms with van der Waals surface area (Å²) in [7, 11) is 6.25. The zero-order chi connectivity index (χ0) is 20.8. The van der Waals surface area contributed by atoms with Crippen LogP contribution in [0.5, 0.6) is 5.75 Å². The molecule has 0 saturated carbocycles.